The molecule has 0 atom stereocenters. The first-order valence-electron chi connectivity index (χ1n) is 9.98. The number of aryl methyl sites for hydroxylation is 1. The van der Waals surface area contributed by atoms with Crippen molar-refractivity contribution in [2.24, 2.45) is 0 Å². The average molecular weight is 449 g/mol. The summed E-state index contributed by atoms with van der Waals surface area (Å²) in [4.78, 5) is 11.5. The minimum atomic E-state index is -2.83. The number of carbonyl (C=O) groups excluding carboxylic acids is 1. The van der Waals surface area contributed by atoms with Gasteiger partial charge in [-0.2, -0.15) is 8.78 Å². The fourth-order valence-electron chi connectivity index (χ4n) is 2.70. The molecule has 0 fully saturated rings. The zero-order chi connectivity index (χ0) is 24.1. The topological polar surface area (TPSA) is 80.9 Å². The summed E-state index contributed by atoms with van der Waals surface area (Å²) >= 11 is 0. The Morgan fingerprint density at radius 1 is 1.03 bits per heavy atom. The van der Waals surface area contributed by atoms with Gasteiger partial charge in [0.25, 0.3) is 0 Å². The molecule has 0 bridgehead atoms. The van der Waals surface area contributed by atoms with Gasteiger partial charge in [-0.05, 0) is 48.4 Å². The van der Waals surface area contributed by atoms with Gasteiger partial charge in [-0.25, -0.2) is 4.79 Å². The summed E-state index contributed by atoms with van der Waals surface area (Å²) in [6.45, 7) is 3.44. The fraction of sp³-hybridized carbons (Fsp3) is 0.292. The van der Waals surface area contributed by atoms with E-state index in [1.807, 2.05) is 38.1 Å². The summed E-state index contributed by atoms with van der Waals surface area (Å²) in [6.07, 6.45) is 0. The van der Waals surface area contributed by atoms with Gasteiger partial charge < -0.3 is 24.3 Å². The molecule has 0 amide bonds. The lowest BCUT2D eigenvalue weighted by Crippen LogP contribution is -2.01. The Kier molecular flexibility index (Phi) is 11.5. The number of esters is 1. The van der Waals surface area contributed by atoms with Gasteiger partial charge in [0.15, 0.2) is 0 Å². The summed E-state index contributed by atoms with van der Waals surface area (Å²) in [5.74, 6) is 0.435. The molecule has 2 aromatic carbocycles. The molecule has 0 aliphatic rings. The van der Waals surface area contributed by atoms with E-state index in [9.17, 15) is 13.6 Å². The Hall–Kier alpha value is -3.39. The van der Waals surface area contributed by atoms with Gasteiger partial charge in [-0.1, -0.05) is 38.1 Å². The van der Waals surface area contributed by atoms with Crippen molar-refractivity contribution in [1.82, 2.24) is 0 Å². The smallest absolute Gasteiger partial charge is 0.387 e. The number of halogens is 2. The molecule has 0 spiro atoms. The number of nitrogens with one attached hydrogen (secondary N) is 1. The van der Waals surface area contributed by atoms with Crippen LogP contribution < -0.4 is 10.1 Å². The summed E-state index contributed by atoms with van der Waals surface area (Å²) in [7, 11) is 2.30. The molecule has 8 heteroatoms. The molecule has 0 saturated heterocycles. The fourth-order valence-corrected chi connectivity index (χ4v) is 2.70. The van der Waals surface area contributed by atoms with Crippen molar-refractivity contribution in [2.75, 3.05) is 19.5 Å². The molecule has 174 valence electrons. The maximum atomic E-state index is 12.2. The van der Waals surface area contributed by atoms with Crippen LogP contribution in [0, 0.1) is 6.92 Å². The number of furan rings is 1. The molecule has 0 unspecified atom stereocenters. The minimum Gasteiger partial charge on any atom is -0.463 e. The van der Waals surface area contributed by atoms with Gasteiger partial charge in [0.2, 0.25) is 5.76 Å². The van der Waals surface area contributed by atoms with E-state index in [0.29, 0.717) is 12.3 Å². The normalized spacial score (nSPS) is 9.78. The molecule has 2 N–H and O–H groups in total. The van der Waals surface area contributed by atoms with Crippen molar-refractivity contribution in [3.8, 4) is 16.9 Å². The van der Waals surface area contributed by atoms with E-state index in [1.54, 1.807) is 25.1 Å². The molecule has 32 heavy (non-hydrogen) atoms. The van der Waals surface area contributed by atoms with E-state index < -0.39 is 12.6 Å². The number of aliphatic hydroxyl groups is 1. The Labute approximate surface area is 186 Å². The quantitative estimate of drug-likeness (QED) is 0.438. The summed E-state index contributed by atoms with van der Waals surface area (Å²) in [6, 6.07) is 15.8. The molecular weight excluding hydrogens is 420 g/mol. The van der Waals surface area contributed by atoms with Crippen LogP contribution in [0.15, 0.2) is 59.0 Å². The Morgan fingerprint density at radius 3 is 2.06 bits per heavy atom. The van der Waals surface area contributed by atoms with Crippen LogP contribution in [0.1, 0.15) is 35.7 Å². The highest BCUT2D eigenvalue weighted by Crippen LogP contribution is 2.25. The number of ether oxygens (including phenoxy) is 2. The molecular formula is C24H29F2NO5. The van der Waals surface area contributed by atoms with Gasteiger partial charge in [0.1, 0.15) is 11.5 Å². The molecule has 6 nitrogen and oxygen atoms in total. The maximum absolute atomic E-state index is 12.2. The average Bonchev–Trinajstić information content (AvgIpc) is 3.21. The molecule has 3 rings (SSSR count). The van der Waals surface area contributed by atoms with E-state index in [1.165, 1.54) is 19.2 Å². The van der Waals surface area contributed by atoms with E-state index in [-0.39, 0.29) is 11.5 Å². The second-order valence-corrected chi connectivity index (χ2v) is 6.02. The van der Waals surface area contributed by atoms with Crippen molar-refractivity contribution in [1.29, 1.82) is 0 Å². The Bertz CT molecular complexity index is 938. The van der Waals surface area contributed by atoms with E-state index in [4.69, 9.17) is 9.52 Å². The van der Waals surface area contributed by atoms with Crippen molar-refractivity contribution in [3.05, 3.63) is 71.7 Å². The molecule has 1 heterocycles. The highest BCUT2D eigenvalue weighted by molar-refractivity contribution is 5.86. The second kappa shape index (κ2) is 13.8. The standard InChI is InChI=1S/C21H19F2NO4.C2H6.CH4O/c1-13-16(11-19(27-13)20(25)26-2)12-24-17-7-3-14(4-8-17)15-5-9-18(10-6-15)28-21(22)23;2*1-2/h3-11,21,24H,12H2,1-2H3;1-2H3;2H,1H3. The third kappa shape index (κ3) is 7.70. The zero-order valence-electron chi connectivity index (χ0n) is 18.8. The summed E-state index contributed by atoms with van der Waals surface area (Å²) in [5.41, 5.74) is 3.59. The Morgan fingerprint density at radius 2 is 1.56 bits per heavy atom. The molecule has 0 aliphatic carbocycles. The first-order valence-corrected chi connectivity index (χ1v) is 9.98. The Balaban J connectivity index is 0.00000121. The third-order valence-corrected chi connectivity index (χ3v) is 4.19. The van der Waals surface area contributed by atoms with Crippen LogP contribution in [0.5, 0.6) is 5.75 Å². The van der Waals surface area contributed by atoms with Gasteiger partial charge >= 0.3 is 12.6 Å². The number of hydrogen-bond acceptors (Lipinski definition) is 6. The largest absolute Gasteiger partial charge is 0.463 e. The number of benzene rings is 2. The third-order valence-electron chi connectivity index (χ3n) is 4.19. The number of rotatable bonds is 7. The summed E-state index contributed by atoms with van der Waals surface area (Å²) < 4.78 is 38.8. The monoisotopic (exact) mass is 449 g/mol. The molecule has 0 aliphatic heterocycles. The number of methoxy groups -OCH3 is 1. The highest BCUT2D eigenvalue weighted by Gasteiger charge is 2.14. The van der Waals surface area contributed by atoms with Crippen LogP contribution in [0.25, 0.3) is 11.1 Å². The first-order chi connectivity index (χ1) is 15.5. The predicted octanol–water partition coefficient (Wildman–Crippen LogP) is 5.89. The van der Waals surface area contributed by atoms with Gasteiger partial charge in [0.05, 0.1) is 7.11 Å². The molecule has 3 aromatic rings. The number of aliphatic hydroxyl groups excluding tert-OH is 1. The lowest BCUT2D eigenvalue weighted by molar-refractivity contribution is -0.0498. The van der Waals surface area contributed by atoms with Crippen LogP contribution in [0.3, 0.4) is 0 Å². The lowest BCUT2D eigenvalue weighted by atomic mass is 10.1. The van der Waals surface area contributed by atoms with Gasteiger partial charge in [-0.3, -0.25) is 0 Å². The van der Waals surface area contributed by atoms with Crippen LogP contribution in [0.2, 0.25) is 0 Å². The van der Waals surface area contributed by atoms with Crippen molar-refractivity contribution < 1.29 is 32.6 Å². The SMILES string of the molecule is CC.CO.COC(=O)c1cc(CNc2ccc(-c3ccc(OC(F)F)cc3)cc2)c(C)o1. The minimum absolute atomic E-state index is 0.124. The van der Waals surface area contributed by atoms with Gasteiger partial charge in [0, 0.05) is 24.9 Å². The van der Waals surface area contributed by atoms with Crippen LogP contribution in [-0.2, 0) is 11.3 Å². The maximum Gasteiger partial charge on any atom is 0.387 e. The second-order valence-electron chi connectivity index (χ2n) is 6.02. The predicted molar refractivity (Wildman–Crippen MR) is 120 cm³/mol. The lowest BCUT2D eigenvalue weighted by Gasteiger charge is -2.08. The summed E-state index contributed by atoms with van der Waals surface area (Å²) in [5, 5.41) is 10.3. The number of carbonyl (C=O) groups is 1. The van der Waals surface area contributed by atoms with Crippen molar-refractivity contribution in [2.45, 2.75) is 33.9 Å². The van der Waals surface area contributed by atoms with Crippen molar-refractivity contribution >= 4 is 11.7 Å². The molecule has 0 radical (unpaired) electrons. The van der Waals surface area contributed by atoms with Crippen LogP contribution in [-0.4, -0.2) is 31.9 Å². The van der Waals surface area contributed by atoms with Crippen LogP contribution >= 0.6 is 0 Å². The number of alkyl halides is 2. The zero-order valence-corrected chi connectivity index (χ0v) is 18.8. The van der Waals surface area contributed by atoms with Crippen LogP contribution in [0.4, 0.5) is 14.5 Å². The molecule has 0 saturated carbocycles. The van der Waals surface area contributed by atoms with Gasteiger partial charge in [-0.15, -0.1) is 0 Å². The first kappa shape index (κ1) is 26.6. The van der Waals surface area contributed by atoms with E-state index in [0.717, 1.165) is 29.5 Å². The van der Waals surface area contributed by atoms with Crippen molar-refractivity contribution in [3.63, 3.8) is 0 Å². The van der Waals surface area contributed by atoms with E-state index in [2.05, 4.69) is 14.8 Å². The number of anilines is 1. The molecule has 1 aromatic heterocycles. The highest BCUT2D eigenvalue weighted by atomic mass is 19.3. The van der Waals surface area contributed by atoms with E-state index >= 15 is 0 Å². The number of hydrogen-bond donors (Lipinski definition) is 2.